The Kier molecular flexibility index (Phi) is 4.49. The van der Waals surface area contributed by atoms with Gasteiger partial charge in [-0.1, -0.05) is 48.5 Å². The van der Waals surface area contributed by atoms with Gasteiger partial charge in [-0.05, 0) is 40.3 Å². The fourth-order valence-corrected chi connectivity index (χ4v) is 3.32. The minimum Gasteiger partial charge on any atom is -0.310 e. The number of amides is 1. The van der Waals surface area contributed by atoms with E-state index in [2.05, 4.69) is 20.8 Å². The Balaban J connectivity index is 1.41. The molecule has 0 bridgehead atoms. The molecule has 5 aromatic rings. The number of nitrogens with one attached hydrogen (secondary N) is 1. The summed E-state index contributed by atoms with van der Waals surface area (Å²) in [7, 11) is 0. The molecule has 0 unspecified atom stereocenters. The van der Waals surface area contributed by atoms with Gasteiger partial charge in [0.2, 0.25) is 5.91 Å². The molecule has 2 aromatic carbocycles. The fraction of sp³-hybridized carbons (Fsp3) is 0.0455. The first-order valence-corrected chi connectivity index (χ1v) is 9.42. The molecule has 146 valence electrons. The van der Waals surface area contributed by atoms with E-state index in [0.717, 1.165) is 28.2 Å². The van der Waals surface area contributed by atoms with Gasteiger partial charge in [0.1, 0.15) is 23.5 Å². The van der Waals surface area contributed by atoms with Gasteiger partial charge in [-0.3, -0.25) is 9.20 Å². The number of imidazole rings is 1. The number of nitrogens with zero attached hydrogens (tertiary/aromatic N) is 6. The van der Waals surface area contributed by atoms with Crippen LogP contribution in [0.2, 0.25) is 0 Å². The summed E-state index contributed by atoms with van der Waals surface area (Å²) in [5, 5.41) is 14.2. The van der Waals surface area contributed by atoms with Crippen molar-refractivity contribution in [2.24, 2.45) is 0 Å². The molecule has 1 amide bonds. The summed E-state index contributed by atoms with van der Waals surface area (Å²) in [4.78, 5) is 17.5. The van der Waals surface area contributed by atoms with E-state index < -0.39 is 0 Å². The molecule has 0 fully saturated rings. The van der Waals surface area contributed by atoms with Crippen molar-refractivity contribution in [2.75, 3.05) is 5.32 Å². The quantitative estimate of drug-likeness (QED) is 0.494. The summed E-state index contributed by atoms with van der Waals surface area (Å²) < 4.78 is 3.45. The van der Waals surface area contributed by atoms with Gasteiger partial charge >= 0.3 is 0 Å². The number of anilines is 1. The van der Waals surface area contributed by atoms with Gasteiger partial charge in [-0.25, -0.2) is 9.67 Å². The zero-order chi connectivity index (χ0) is 20.3. The van der Waals surface area contributed by atoms with Gasteiger partial charge in [-0.15, -0.1) is 5.10 Å². The molecule has 0 spiro atoms. The first-order chi connectivity index (χ1) is 14.8. The average molecular weight is 395 g/mol. The molecule has 1 N–H and O–H groups in total. The van der Waals surface area contributed by atoms with Crippen LogP contribution < -0.4 is 5.32 Å². The predicted molar refractivity (Wildman–Crippen MR) is 112 cm³/mol. The summed E-state index contributed by atoms with van der Waals surface area (Å²) in [5.41, 5.74) is 4.18. The van der Waals surface area contributed by atoms with Crippen LogP contribution in [0.4, 0.5) is 5.82 Å². The third kappa shape index (κ3) is 3.42. The highest BCUT2D eigenvalue weighted by atomic mass is 16.1. The number of carbonyl (C=O) groups excluding carboxylic acids is 1. The van der Waals surface area contributed by atoms with Gasteiger partial charge in [0.25, 0.3) is 0 Å². The number of rotatable bonds is 5. The minimum atomic E-state index is -0.118. The molecule has 3 aromatic heterocycles. The number of aromatic nitrogens is 6. The van der Waals surface area contributed by atoms with Crippen molar-refractivity contribution >= 4 is 17.4 Å². The molecule has 0 radical (unpaired) electrons. The van der Waals surface area contributed by atoms with E-state index in [0.29, 0.717) is 5.82 Å². The lowest BCUT2D eigenvalue weighted by Crippen LogP contribution is -2.16. The van der Waals surface area contributed by atoms with Gasteiger partial charge in [0.05, 0.1) is 12.1 Å². The molecule has 8 heteroatoms. The van der Waals surface area contributed by atoms with E-state index >= 15 is 0 Å². The molecule has 8 nitrogen and oxygen atoms in total. The van der Waals surface area contributed by atoms with E-state index in [1.807, 2.05) is 83.4 Å². The lowest BCUT2D eigenvalue weighted by molar-refractivity contribution is -0.115. The topological polar surface area (TPSA) is 90.0 Å². The van der Waals surface area contributed by atoms with E-state index in [4.69, 9.17) is 4.98 Å². The van der Waals surface area contributed by atoms with Gasteiger partial charge in [-0.2, -0.15) is 0 Å². The summed E-state index contributed by atoms with van der Waals surface area (Å²) in [6.07, 6.45) is 3.66. The monoisotopic (exact) mass is 395 g/mol. The number of fused-ring (bicyclic) bond motifs is 1. The third-order valence-electron chi connectivity index (χ3n) is 4.75. The largest absolute Gasteiger partial charge is 0.310 e. The lowest BCUT2D eigenvalue weighted by Gasteiger charge is -2.08. The highest BCUT2D eigenvalue weighted by molar-refractivity contribution is 5.95. The van der Waals surface area contributed by atoms with Crippen molar-refractivity contribution in [1.29, 1.82) is 0 Å². The van der Waals surface area contributed by atoms with Crippen molar-refractivity contribution in [3.05, 3.63) is 90.9 Å². The summed E-state index contributed by atoms with van der Waals surface area (Å²) in [6, 6.07) is 23.1. The third-order valence-corrected chi connectivity index (χ3v) is 4.75. The van der Waals surface area contributed by atoms with Crippen molar-refractivity contribution in [1.82, 2.24) is 29.6 Å². The number of hydrogen-bond donors (Lipinski definition) is 1. The molecule has 0 saturated carbocycles. The molecule has 0 aliphatic carbocycles. The highest BCUT2D eigenvalue weighted by Gasteiger charge is 2.16. The van der Waals surface area contributed by atoms with Gasteiger partial charge in [0.15, 0.2) is 0 Å². The number of benzene rings is 2. The molecular formula is C22H17N7O. The second-order valence-corrected chi connectivity index (χ2v) is 6.75. The second kappa shape index (κ2) is 7.59. The van der Waals surface area contributed by atoms with Crippen LogP contribution in [0.1, 0.15) is 5.56 Å². The molecule has 3 heterocycles. The first kappa shape index (κ1) is 17.7. The van der Waals surface area contributed by atoms with Crippen molar-refractivity contribution in [3.8, 4) is 16.9 Å². The number of carbonyl (C=O) groups is 1. The molecule has 30 heavy (non-hydrogen) atoms. The Bertz CT molecular complexity index is 1290. The molecule has 0 aliphatic rings. The molecular weight excluding hydrogens is 378 g/mol. The van der Waals surface area contributed by atoms with Crippen LogP contribution in [0.5, 0.6) is 0 Å². The van der Waals surface area contributed by atoms with Crippen LogP contribution >= 0.6 is 0 Å². The zero-order valence-corrected chi connectivity index (χ0v) is 15.9. The van der Waals surface area contributed by atoms with Crippen LogP contribution in [0.25, 0.3) is 22.6 Å². The number of hydrogen-bond acceptors (Lipinski definition) is 5. The predicted octanol–water partition coefficient (Wildman–Crippen LogP) is 3.16. The van der Waals surface area contributed by atoms with E-state index in [9.17, 15) is 4.79 Å². The lowest BCUT2D eigenvalue weighted by atomic mass is 10.1. The summed E-state index contributed by atoms with van der Waals surface area (Å²) >= 11 is 0. The van der Waals surface area contributed by atoms with E-state index in [1.54, 1.807) is 4.68 Å². The SMILES string of the molecule is O=C(Cc1ccc(-n2cnnn2)cc1)Nc1c(-c2ccccc2)nc2ccccn12. The Morgan fingerprint density at radius 1 is 0.933 bits per heavy atom. The standard InChI is InChI=1S/C22H17N7O/c30-20(14-16-9-11-18(12-10-16)29-15-23-26-27-29)25-22-21(17-6-2-1-3-7-17)24-19-8-4-5-13-28(19)22/h1-13,15H,14H2,(H,25,30). The van der Waals surface area contributed by atoms with Gasteiger partial charge < -0.3 is 5.32 Å². The molecule has 5 rings (SSSR count). The Labute approximate surface area is 171 Å². The van der Waals surface area contributed by atoms with Crippen molar-refractivity contribution < 1.29 is 4.79 Å². The normalized spacial score (nSPS) is 10.9. The van der Waals surface area contributed by atoms with Crippen molar-refractivity contribution in [2.45, 2.75) is 6.42 Å². The number of tetrazole rings is 1. The Morgan fingerprint density at radius 3 is 2.50 bits per heavy atom. The van der Waals surface area contributed by atoms with Crippen LogP contribution in [-0.4, -0.2) is 35.5 Å². The first-order valence-electron chi connectivity index (χ1n) is 9.42. The Morgan fingerprint density at radius 2 is 1.73 bits per heavy atom. The smallest absolute Gasteiger partial charge is 0.229 e. The van der Waals surface area contributed by atoms with Crippen molar-refractivity contribution in [3.63, 3.8) is 0 Å². The number of pyridine rings is 1. The van der Waals surface area contributed by atoms with Crippen LogP contribution in [0, 0.1) is 0 Å². The molecule has 0 atom stereocenters. The van der Waals surface area contributed by atoms with Gasteiger partial charge in [0, 0.05) is 11.8 Å². The zero-order valence-electron chi connectivity index (χ0n) is 15.9. The summed E-state index contributed by atoms with van der Waals surface area (Å²) in [6.45, 7) is 0. The fourth-order valence-electron chi connectivity index (χ4n) is 3.32. The van der Waals surface area contributed by atoms with Crippen LogP contribution in [0.15, 0.2) is 85.3 Å². The van der Waals surface area contributed by atoms with E-state index in [1.165, 1.54) is 6.33 Å². The minimum absolute atomic E-state index is 0.118. The maximum Gasteiger partial charge on any atom is 0.229 e. The highest BCUT2D eigenvalue weighted by Crippen LogP contribution is 2.28. The average Bonchev–Trinajstić information content (AvgIpc) is 3.44. The molecule has 0 saturated heterocycles. The molecule has 0 aliphatic heterocycles. The maximum absolute atomic E-state index is 12.8. The summed E-state index contributed by atoms with van der Waals surface area (Å²) in [5.74, 6) is 0.542. The van der Waals surface area contributed by atoms with Crippen LogP contribution in [-0.2, 0) is 11.2 Å². The Hall–Kier alpha value is -4.33. The second-order valence-electron chi connectivity index (χ2n) is 6.75. The van der Waals surface area contributed by atoms with Crippen LogP contribution in [0.3, 0.4) is 0 Å². The maximum atomic E-state index is 12.8. The van der Waals surface area contributed by atoms with E-state index in [-0.39, 0.29) is 12.3 Å².